The summed E-state index contributed by atoms with van der Waals surface area (Å²) in [5.74, 6) is -0.271. The zero-order chi connectivity index (χ0) is 14.3. The van der Waals surface area contributed by atoms with Crippen LogP contribution < -0.4 is 10.6 Å². The van der Waals surface area contributed by atoms with Crippen molar-refractivity contribution < 1.29 is 13.9 Å². The van der Waals surface area contributed by atoms with Crippen molar-refractivity contribution >= 4 is 5.69 Å². The minimum Gasteiger partial charge on any atom is -0.383 e. The van der Waals surface area contributed by atoms with Gasteiger partial charge in [-0.05, 0) is 19.1 Å². The standard InChI is InChI=1S/C14H23FN2O2/c1-11(10-19-3)17(7-8-18-2)14-6-4-5-13(15)12(14)9-16/h4-6,11H,7-10,16H2,1-3H3. The van der Waals surface area contributed by atoms with E-state index in [1.54, 1.807) is 20.3 Å². The molecule has 0 aliphatic carbocycles. The highest BCUT2D eigenvalue weighted by Gasteiger charge is 2.18. The number of ether oxygens (including phenoxy) is 2. The molecular weight excluding hydrogens is 247 g/mol. The Balaban J connectivity index is 3.05. The Bertz CT molecular complexity index is 388. The fourth-order valence-electron chi connectivity index (χ4n) is 2.12. The molecule has 4 nitrogen and oxygen atoms in total. The van der Waals surface area contributed by atoms with E-state index in [4.69, 9.17) is 15.2 Å². The summed E-state index contributed by atoms with van der Waals surface area (Å²) in [5, 5.41) is 0. The molecule has 0 aromatic heterocycles. The Labute approximate surface area is 114 Å². The summed E-state index contributed by atoms with van der Waals surface area (Å²) in [4.78, 5) is 2.07. The van der Waals surface area contributed by atoms with Crippen molar-refractivity contribution in [3.8, 4) is 0 Å². The molecule has 2 N–H and O–H groups in total. The zero-order valence-electron chi connectivity index (χ0n) is 11.9. The quantitative estimate of drug-likeness (QED) is 0.782. The summed E-state index contributed by atoms with van der Waals surface area (Å²) < 4.78 is 24.1. The Hall–Kier alpha value is -1.17. The molecule has 1 atom stereocenters. The topological polar surface area (TPSA) is 47.7 Å². The molecule has 19 heavy (non-hydrogen) atoms. The number of hydrogen-bond donors (Lipinski definition) is 1. The second kappa shape index (κ2) is 8.09. The molecule has 0 aliphatic heterocycles. The van der Waals surface area contributed by atoms with Crippen LogP contribution in [0.5, 0.6) is 0 Å². The van der Waals surface area contributed by atoms with E-state index in [1.165, 1.54) is 6.07 Å². The second-order valence-electron chi connectivity index (χ2n) is 4.43. The van der Waals surface area contributed by atoms with Crippen molar-refractivity contribution in [3.63, 3.8) is 0 Å². The molecule has 1 aromatic carbocycles. The minimum absolute atomic E-state index is 0.118. The first-order valence-corrected chi connectivity index (χ1v) is 6.37. The molecule has 0 heterocycles. The molecule has 0 radical (unpaired) electrons. The lowest BCUT2D eigenvalue weighted by atomic mass is 10.1. The third-order valence-corrected chi connectivity index (χ3v) is 3.08. The van der Waals surface area contributed by atoms with E-state index in [2.05, 4.69) is 4.90 Å². The Morgan fingerprint density at radius 1 is 1.32 bits per heavy atom. The van der Waals surface area contributed by atoms with Crippen LogP contribution in [-0.4, -0.2) is 40.0 Å². The van der Waals surface area contributed by atoms with E-state index >= 15 is 0 Å². The number of anilines is 1. The van der Waals surface area contributed by atoms with Crippen LogP contribution >= 0.6 is 0 Å². The largest absolute Gasteiger partial charge is 0.383 e. The van der Waals surface area contributed by atoms with Crippen molar-refractivity contribution in [1.29, 1.82) is 0 Å². The van der Waals surface area contributed by atoms with E-state index in [0.717, 1.165) is 5.69 Å². The SMILES string of the molecule is COCCN(c1cccc(F)c1CN)C(C)COC. The van der Waals surface area contributed by atoms with Gasteiger partial charge in [0.1, 0.15) is 5.82 Å². The molecule has 1 aromatic rings. The first kappa shape index (κ1) is 15.9. The van der Waals surface area contributed by atoms with Crippen LogP contribution in [0.4, 0.5) is 10.1 Å². The number of nitrogens with zero attached hydrogens (tertiary/aromatic N) is 1. The van der Waals surface area contributed by atoms with E-state index in [1.807, 2.05) is 13.0 Å². The average Bonchev–Trinajstić information content (AvgIpc) is 2.39. The van der Waals surface area contributed by atoms with Gasteiger partial charge in [0.15, 0.2) is 0 Å². The molecule has 0 saturated carbocycles. The monoisotopic (exact) mass is 270 g/mol. The summed E-state index contributed by atoms with van der Waals surface area (Å²) in [6, 6.07) is 5.13. The van der Waals surface area contributed by atoms with E-state index < -0.39 is 0 Å². The fourth-order valence-corrected chi connectivity index (χ4v) is 2.12. The Morgan fingerprint density at radius 3 is 2.63 bits per heavy atom. The number of hydrogen-bond acceptors (Lipinski definition) is 4. The zero-order valence-corrected chi connectivity index (χ0v) is 11.9. The molecule has 0 aliphatic rings. The fraction of sp³-hybridized carbons (Fsp3) is 0.571. The van der Waals surface area contributed by atoms with E-state index in [-0.39, 0.29) is 18.4 Å². The van der Waals surface area contributed by atoms with E-state index in [9.17, 15) is 4.39 Å². The van der Waals surface area contributed by atoms with Crippen molar-refractivity contribution in [2.45, 2.75) is 19.5 Å². The normalized spacial score (nSPS) is 12.5. The smallest absolute Gasteiger partial charge is 0.129 e. The second-order valence-corrected chi connectivity index (χ2v) is 4.43. The maximum absolute atomic E-state index is 13.8. The van der Waals surface area contributed by atoms with Gasteiger partial charge < -0.3 is 20.1 Å². The van der Waals surface area contributed by atoms with Crippen LogP contribution in [0.2, 0.25) is 0 Å². The number of rotatable bonds is 8. The number of benzene rings is 1. The van der Waals surface area contributed by atoms with Gasteiger partial charge >= 0.3 is 0 Å². The molecule has 108 valence electrons. The van der Waals surface area contributed by atoms with Crippen LogP contribution in [0, 0.1) is 5.82 Å². The summed E-state index contributed by atoms with van der Waals surface area (Å²) in [5.41, 5.74) is 7.00. The molecule has 1 rings (SSSR count). The predicted octanol–water partition coefficient (Wildman–Crippen LogP) is 1.77. The maximum Gasteiger partial charge on any atom is 0.129 e. The van der Waals surface area contributed by atoms with Gasteiger partial charge in [-0.15, -0.1) is 0 Å². The lowest BCUT2D eigenvalue weighted by Crippen LogP contribution is -2.39. The molecule has 0 fully saturated rings. The Morgan fingerprint density at radius 2 is 2.05 bits per heavy atom. The predicted molar refractivity (Wildman–Crippen MR) is 74.9 cm³/mol. The van der Waals surface area contributed by atoms with Gasteiger partial charge in [0.2, 0.25) is 0 Å². The van der Waals surface area contributed by atoms with Gasteiger partial charge in [0.05, 0.1) is 13.2 Å². The summed E-state index contributed by atoms with van der Waals surface area (Å²) in [6.07, 6.45) is 0. The molecule has 0 saturated heterocycles. The molecule has 5 heteroatoms. The van der Waals surface area contributed by atoms with Crippen LogP contribution in [0.3, 0.4) is 0 Å². The highest BCUT2D eigenvalue weighted by atomic mass is 19.1. The first-order valence-electron chi connectivity index (χ1n) is 6.37. The van der Waals surface area contributed by atoms with Gasteiger partial charge in [0.25, 0.3) is 0 Å². The molecular formula is C14H23FN2O2. The third kappa shape index (κ3) is 4.16. The maximum atomic E-state index is 13.8. The lowest BCUT2D eigenvalue weighted by Gasteiger charge is -2.32. The Kier molecular flexibility index (Phi) is 6.77. The summed E-state index contributed by atoms with van der Waals surface area (Å²) >= 11 is 0. The van der Waals surface area contributed by atoms with Crippen LogP contribution in [0.25, 0.3) is 0 Å². The van der Waals surface area contributed by atoms with Gasteiger partial charge in [0, 0.05) is 44.6 Å². The lowest BCUT2D eigenvalue weighted by molar-refractivity contribution is 0.171. The van der Waals surface area contributed by atoms with Crippen LogP contribution in [-0.2, 0) is 16.0 Å². The molecule has 0 amide bonds. The van der Waals surface area contributed by atoms with Gasteiger partial charge in [-0.3, -0.25) is 0 Å². The summed E-state index contributed by atoms with van der Waals surface area (Å²) in [6.45, 7) is 3.99. The third-order valence-electron chi connectivity index (χ3n) is 3.08. The number of halogens is 1. The first-order chi connectivity index (χ1) is 9.15. The van der Waals surface area contributed by atoms with Crippen molar-refractivity contribution in [2.24, 2.45) is 5.73 Å². The van der Waals surface area contributed by atoms with Crippen molar-refractivity contribution in [2.75, 3.05) is 38.9 Å². The number of nitrogens with two attached hydrogens (primary N) is 1. The number of methoxy groups -OCH3 is 2. The van der Waals surface area contributed by atoms with Crippen molar-refractivity contribution in [1.82, 2.24) is 0 Å². The highest BCUT2D eigenvalue weighted by molar-refractivity contribution is 5.55. The van der Waals surface area contributed by atoms with E-state index in [0.29, 0.717) is 25.3 Å². The van der Waals surface area contributed by atoms with Crippen LogP contribution in [0.15, 0.2) is 18.2 Å². The average molecular weight is 270 g/mol. The molecule has 0 spiro atoms. The summed E-state index contributed by atoms with van der Waals surface area (Å²) in [7, 11) is 3.30. The van der Waals surface area contributed by atoms with Gasteiger partial charge in [-0.25, -0.2) is 4.39 Å². The molecule has 1 unspecified atom stereocenters. The highest BCUT2D eigenvalue weighted by Crippen LogP contribution is 2.24. The van der Waals surface area contributed by atoms with Crippen LogP contribution in [0.1, 0.15) is 12.5 Å². The van der Waals surface area contributed by atoms with Gasteiger partial charge in [-0.2, -0.15) is 0 Å². The van der Waals surface area contributed by atoms with Gasteiger partial charge in [-0.1, -0.05) is 6.07 Å². The minimum atomic E-state index is -0.271. The molecule has 0 bridgehead atoms. The van der Waals surface area contributed by atoms with Crippen molar-refractivity contribution in [3.05, 3.63) is 29.6 Å².